The van der Waals surface area contributed by atoms with Crippen LogP contribution >= 0.6 is 0 Å². The molecule has 2 aliphatic rings. The number of hydrogen-bond donors (Lipinski definition) is 3. The molecule has 0 radical (unpaired) electrons. The van der Waals surface area contributed by atoms with E-state index in [1.165, 1.54) is 18.2 Å². The first-order chi connectivity index (χ1) is 9.97. The molecule has 7 heteroatoms. The molecule has 21 heavy (non-hydrogen) atoms. The fourth-order valence-electron chi connectivity index (χ4n) is 2.29. The summed E-state index contributed by atoms with van der Waals surface area (Å²) in [5.41, 5.74) is 1.03. The van der Waals surface area contributed by atoms with Crippen LogP contribution in [0.2, 0.25) is 0 Å². The summed E-state index contributed by atoms with van der Waals surface area (Å²) in [6.07, 6.45) is 4.47. The summed E-state index contributed by atoms with van der Waals surface area (Å²) in [7, 11) is 0. The van der Waals surface area contributed by atoms with Gasteiger partial charge in [-0.15, -0.1) is 0 Å². The molecule has 0 fully saturated rings. The number of aromatic hydroxyl groups is 2. The van der Waals surface area contributed by atoms with Gasteiger partial charge in [0.15, 0.2) is 11.6 Å². The standard InChI is InChI=1S/C14H11N3O4/c1-6-5-9(19)16-13(20)10(6)12-15-7-3-2-4-8(18)11(7)14(21)17-12/h2-5,11H,1H3,(H,15,17,21)(H2,16,19,20). The Kier molecular flexibility index (Phi) is 2.83. The molecule has 106 valence electrons. The highest BCUT2D eigenvalue weighted by molar-refractivity contribution is 6.17. The Morgan fingerprint density at radius 1 is 1.19 bits per heavy atom. The summed E-state index contributed by atoms with van der Waals surface area (Å²) < 4.78 is 0. The number of aliphatic imine (C=N–C) groups is 2. The largest absolute Gasteiger partial charge is 0.495 e. The van der Waals surface area contributed by atoms with Gasteiger partial charge in [-0.2, -0.15) is 9.98 Å². The van der Waals surface area contributed by atoms with Crippen LogP contribution in [0.1, 0.15) is 11.1 Å². The Morgan fingerprint density at radius 3 is 2.67 bits per heavy atom. The Labute approximate surface area is 119 Å². The van der Waals surface area contributed by atoms with E-state index in [0.29, 0.717) is 11.3 Å². The maximum Gasteiger partial charge on any atom is 0.225 e. The van der Waals surface area contributed by atoms with Crippen molar-refractivity contribution in [3.63, 3.8) is 0 Å². The van der Waals surface area contributed by atoms with Crippen molar-refractivity contribution in [3.8, 4) is 11.8 Å². The molecule has 2 heterocycles. The summed E-state index contributed by atoms with van der Waals surface area (Å²) >= 11 is 0. The van der Waals surface area contributed by atoms with Crippen LogP contribution in [0.5, 0.6) is 11.8 Å². The van der Waals surface area contributed by atoms with Gasteiger partial charge in [0.25, 0.3) is 0 Å². The SMILES string of the molecule is Cc1cc(O)nc(O)c1C1=NC2=CC=CC(=O)C2C(O)=N1. The van der Waals surface area contributed by atoms with Gasteiger partial charge in [-0.1, -0.05) is 6.08 Å². The third-order valence-electron chi connectivity index (χ3n) is 3.23. The van der Waals surface area contributed by atoms with E-state index in [4.69, 9.17) is 0 Å². The van der Waals surface area contributed by atoms with Gasteiger partial charge in [0.05, 0.1) is 11.3 Å². The first-order valence-electron chi connectivity index (χ1n) is 6.15. The number of nitrogens with zero attached hydrogens (tertiary/aromatic N) is 3. The van der Waals surface area contributed by atoms with Gasteiger partial charge < -0.3 is 15.3 Å². The summed E-state index contributed by atoms with van der Waals surface area (Å²) in [6.45, 7) is 1.64. The van der Waals surface area contributed by atoms with E-state index < -0.39 is 11.8 Å². The molecule has 1 aliphatic carbocycles. The second-order valence-corrected chi connectivity index (χ2v) is 4.69. The molecule has 1 aliphatic heterocycles. The molecule has 0 saturated heterocycles. The van der Waals surface area contributed by atoms with Crippen molar-refractivity contribution in [2.45, 2.75) is 6.92 Å². The molecule has 1 aromatic rings. The topological polar surface area (TPSA) is 115 Å². The van der Waals surface area contributed by atoms with Gasteiger partial charge in [-0.25, -0.2) is 4.99 Å². The molecule has 3 N–H and O–H groups in total. The quantitative estimate of drug-likeness (QED) is 0.716. The predicted octanol–water partition coefficient (Wildman–Crippen LogP) is 1.16. The molecule has 1 atom stereocenters. The maximum absolute atomic E-state index is 11.7. The highest BCUT2D eigenvalue weighted by atomic mass is 16.3. The first-order valence-corrected chi connectivity index (χ1v) is 6.15. The van der Waals surface area contributed by atoms with Crippen LogP contribution in [0.4, 0.5) is 0 Å². The number of hydrogen-bond acceptors (Lipinski definition) is 6. The number of aliphatic hydroxyl groups is 1. The van der Waals surface area contributed by atoms with Crippen LogP contribution in [0.25, 0.3) is 0 Å². The van der Waals surface area contributed by atoms with Gasteiger partial charge in [-0.3, -0.25) is 4.79 Å². The highest BCUT2D eigenvalue weighted by Gasteiger charge is 2.33. The minimum Gasteiger partial charge on any atom is -0.495 e. The number of pyridine rings is 1. The van der Waals surface area contributed by atoms with Crippen molar-refractivity contribution >= 4 is 17.5 Å². The van der Waals surface area contributed by atoms with Crippen LogP contribution in [0, 0.1) is 12.8 Å². The summed E-state index contributed by atoms with van der Waals surface area (Å²) in [5.74, 6) is -2.31. The fourth-order valence-corrected chi connectivity index (χ4v) is 2.29. The van der Waals surface area contributed by atoms with Crippen LogP contribution in [-0.4, -0.2) is 37.8 Å². The zero-order valence-electron chi connectivity index (χ0n) is 11.0. The molecule has 0 spiro atoms. The number of fused-ring (bicyclic) bond motifs is 1. The Morgan fingerprint density at radius 2 is 1.95 bits per heavy atom. The number of aryl methyl sites for hydroxylation is 1. The van der Waals surface area contributed by atoms with Crippen LogP contribution in [0.15, 0.2) is 40.0 Å². The second-order valence-electron chi connectivity index (χ2n) is 4.69. The van der Waals surface area contributed by atoms with Crippen molar-refractivity contribution in [2.75, 3.05) is 0 Å². The molecular weight excluding hydrogens is 274 g/mol. The number of aliphatic hydroxyl groups excluding tert-OH is 1. The maximum atomic E-state index is 11.7. The van der Waals surface area contributed by atoms with Crippen molar-refractivity contribution in [3.05, 3.63) is 41.1 Å². The molecule has 0 aromatic carbocycles. The minimum absolute atomic E-state index is 0.0422. The van der Waals surface area contributed by atoms with Crippen LogP contribution in [0.3, 0.4) is 0 Å². The molecular formula is C14H11N3O4. The minimum atomic E-state index is -0.897. The second kappa shape index (κ2) is 4.55. The van der Waals surface area contributed by atoms with E-state index in [1.54, 1.807) is 13.0 Å². The molecule has 0 bridgehead atoms. The summed E-state index contributed by atoms with van der Waals surface area (Å²) in [6, 6.07) is 1.34. The lowest BCUT2D eigenvalue weighted by atomic mass is 9.94. The van der Waals surface area contributed by atoms with Crippen molar-refractivity contribution in [1.29, 1.82) is 0 Å². The first kappa shape index (κ1) is 13.0. The number of aromatic nitrogens is 1. The third-order valence-corrected chi connectivity index (χ3v) is 3.23. The van der Waals surface area contributed by atoms with Crippen molar-refractivity contribution in [1.82, 2.24) is 4.98 Å². The molecule has 3 rings (SSSR count). The summed E-state index contributed by atoms with van der Waals surface area (Å²) in [4.78, 5) is 23.3. The number of ketones is 1. The van der Waals surface area contributed by atoms with Gasteiger partial charge >= 0.3 is 0 Å². The van der Waals surface area contributed by atoms with Gasteiger partial charge in [0.1, 0.15) is 5.92 Å². The zero-order chi connectivity index (χ0) is 15.1. The molecule has 7 nitrogen and oxygen atoms in total. The Bertz CT molecular complexity index is 751. The number of rotatable bonds is 1. The monoisotopic (exact) mass is 285 g/mol. The van der Waals surface area contributed by atoms with Crippen LogP contribution in [-0.2, 0) is 4.79 Å². The van der Waals surface area contributed by atoms with Gasteiger partial charge in [0.2, 0.25) is 17.7 Å². The van der Waals surface area contributed by atoms with E-state index in [9.17, 15) is 20.1 Å². The Hall–Kier alpha value is -2.96. The van der Waals surface area contributed by atoms with E-state index >= 15 is 0 Å². The lowest BCUT2D eigenvalue weighted by molar-refractivity contribution is -0.115. The average molecular weight is 285 g/mol. The molecule has 1 unspecified atom stereocenters. The molecule has 0 saturated carbocycles. The predicted molar refractivity (Wildman–Crippen MR) is 74.6 cm³/mol. The normalized spacial score (nSPS) is 20.5. The fraction of sp³-hybridized carbons (Fsp3) is 0.143. The van der Waals surface area contributed by atoms with E-state index in [2.05, 4.69) is 15.0 Å². The van der Waals surface area contributed by atoms with Crippen molar-refractivity contribution in [2.24, 2.45) is 15.9 Å². The van der Waals surface area contributed by atoms with Gasteiger partial charge in [-0.05, 0) is 24.6 Å². The zero-order valence-corrected chi connectivity index (χ0v) is 11.0. The molecule has 0 amide bonds. The lowest BCUT2D eigenvalue weighted by Gasteiger charge is -2.21. The highest BCUT2D eigenvalue weighted by Crippen LogP contribution is 2.29. The molecule has 1 aromatic heterocycles. The number of allylic oxidation sites excluding steroid dienone is 3. The lowest BCUT2D eigenvalue weighted by Crippen LogP contribution is -2.30. The average Bonchev–Trinajstić information content (AvgIpc) is 2.37. The third kappa shape index (κ3) is 2.08. The Balaban J connectivity index is 2.15. The number of carbonyl (C=O) groups excluding carboxylic acids is 1. The van der Waals surface area contributed by atoms with E-state index in [-0.39, 0.29) is 29.0 Å². The smallest absolute Gasteiger partial charge is 0.225 e. The van der Waals surface area contributed by atoms with Crippen molar-refractivity contribution < 1.29 is 20.1 Å². The van der Waals surface area contributed by atoms with E-state index in [0.717, 1.165) is 0 Å². The van der Waals surface area contributed by atoms with Crippen LogP contribution < -0.4 is 0 Å². The van der Waals surface area contributed by atoms with Gasteiger partial charge in [0, 0.05) is 6.07 Å². The number of carbonyl (C=O) groups is 1. The summed E-state index contributed by atoms with van der Waals surface area (Å²) in [5, 5.41) is 29.2. The number of amidine groups is 1. The van der Waals surface area contributed by atoms with E-state index in [1.807, 2.05) is 0 Å².